The Morgan fingerprint density at radius 2 is 1.71 bits per heavy atom. The first-order valence-corrected chi connectivity index (χ1v) is 12.1. The Morgan fingerprint density at radius 3 is 2.29 bits per heavy atom. The van der Waals surface area contributed by atoms with E-state index < -0.39 is 0 Å². The lowest BCUT2D eigenvalue weighted by atomic mass is 10.1. The Balaban J connectivity index is 1.74. The van der Waals surface area contributed by atoms with Crippen molar-refractivity contribution >= 4 is 32.6 Å². The van der Waals surface area contributed by atoms with Crippen molar-refractivity contribution in [2.45, 2.75) is 13.8 Å². The maximum atomic E-state index is 13.9. The number of ether oxygens (including phenoxy) is 4. The van der Waals surface area contributed by atoms with Crippen LogP contribution in [0.1, 0.15) is 21.5 Å². The number of aromatic nitrogens is 1. The number of aryl methyl sites for hydroxylation is 2. The number of nitrogens with zero attached hydrogens (tertiary/aromatic N) is 3. The van der Waals surface area contributed by atoms with Gasteiger partial charge in [0.05, 0.1) is 44.8 Å². The summed E-state index contributed by atoms with van der Waals surface area (Å²) in [6.07, 6.45) is 0. The standard InChI is InChI=1S/C25H31N3O5S/c1-16-6-7-17(2)23-21(16)26-25(34-23)28(9-8-27-10-12-33-13-11-27)24(29)18-14-19(30-3)22(32-5)20(15-18)31-4/h6-7,14-15H,8-13H2,1-5H3. The van der Waals surface area contributed by atoms with Crippen LogP contribution in [0.2, 0.25) is 0 Å². The van der Waals surface area contributed by atoms with E-state index in [4.69, 9.17) is 23.9 Å². The van der Waals surface area contributed by atoms with Crippen LogP contribution >= 0.6 is 11.3 Å². The molecule has 1 saturated heterocycles. The molecule has 2 heterocycles. The van der Waals surface area contributed by atoms with Crippen LogP contribution in [0.25, 0.3) is 10.2 Å². The van der Waals surface area contributed by atoms with Gasteiger partial charge in [-0.2, -0.15) is 0 Å². The van der Waals surface area contributed by atoms with Crippen LogP contribution in [0.15, 0.2) is 24.3 Å². The van der Waals surface area contributed by atoms with Gasteiger partial charge in [-0.3, -0.25) is 14.6 Å². The summed E-state index contributed by atoms with van der Waals surface area (Å²) in [5.41, 5.74) is 3.63. The molecule has 0 spiro atoms. The summed E-state index contributed by atoms with van der Waals surface area (Å²) in [7, 11) is 4.63. The number of fused-ring (bicyclic) bond motifs is 1. The largest absolute Gasteiger partial charge is 0.493 e. The molecule has 2 aromatic carbocycles. The molecule has 3 aromatic rings. The van der Waals surface area contributed by atoms with E-state index in [1.54, 1.807) is 49.7 Å². The molecule has 1 fully saturated rings. The van der Waals surface area contributed by atoms with Gasteiger partial charge in [-0.25, -0.2) is 4.98 Å². The van der Waals surface area contributed by atoms with E-state index in [0.29, 0.717) is 47.7 Å². The zero-order valence-electron chi connectivity index (χ0n) is 20.3. The van der Waals surface area contributed by atoms with E-state index in [-0.39, 0.29) is 5.91 Å². The van der Waals surface area contributed by atoms with Gasteiger partial charge in [-0.1, -0.05) is 23.5 Å². The number of hydrogen-bond acceptors (Lipinski definition) is 8. The Hall–Kier alpha value is -2.88. The number of morpholine rings is 1. The second-order valence-corrected chi connectivity index (χ2v) is 9.18. The van der Waals surface area contributed by atoms with Crippen molar-refractivity contribution < 1.29 is 23.7 Å². The predicted octanol–water partition coefficient (Wildman–Crippen LogP) is 3.92. The average Bonchev–Trinajstić information content (AvgIpc) is 3.32. The minimum Gasteiger partial charge on any atom is -0.493 e. The van der Waals surface area contributed by atoms with Crippen LogP contribution < -0.4 is 19.1 Å². The molecular weight excluding hydrogens is 454 g/mol. The minimum absolute atomic E-state index is 0.165. The zero-order valence-corrected chi connectivity index (χ0v) is 21.2. The normalized spacial score (nSPS) is 14.3. The van der Waals surface area contributed by atoms with Gasteiger partial charge in [-0.15, -0.1) is 0 Å². The average molecular weight is 486 g/mol. The van der Waals surface area contributed by atoms with E-state index in [0.717, 1.165) is 41.0 Å². The van der Waals surface area contributed by atoms with Crippen LogP contribution in [0, 0.1) is 13.8 Å². The van der Waals surface area contributed by atoms with E-state index in [2.05, 4.69) is 24.0 Å². The van der Waals surface area contributed by atoms with Gasteiger partial charge in [0.1, 0.15) is 0 Å². The Morgan fingerprint density at radius 1 is 1.06 bits per heavy atom. The SMILES string of the molecule is COc1cc(C(=O)N(CCN2CCOCC2)c2nc3c(C)ccc(C)c3s2)cc(OC)c1OC. The maximum absolute atomic E-state index is 13.9. The summed E-state index contributed by atoms with van der Waals surface area (Å²) >= 11 is 1.55. The van der Waals surface area contributed by atoms with E-state index in [1.165, 1.54) is 0 Å². The van der Waals surface area contributed by atoms with Crippen molar-refractivity contribution in [1.29, 1.82) is 0 Å². The molecule has 1 aliphatic rings. The first kappa shape index (κ1) is 24.3. The van der Waals surface area contributed by atoms with Gasteiger partial charge >= 0.3 is 0 Å². The van der Waals surface area contributed by atoms with Crippen molar-refractivity contribution in [3.8, 4) is 17.2 Å². The topological polar surface area (TPSA) is 73.4 Å². The molecule has 1 aliphatic heterocycles. The fourth-order valence-electron chi connectivity index (χ4n) is 4.07. The molecule has 9 heteroatoms. The first-order valence-electron chi connectivity index (χ1n) is 11.3. The summed E-state index contributed by atoms with van der Waals surface area (Å²) in [6.45, 7) is 8.48. The quantitative estimate of drug-likeness (QED) is 0.479. The molecule has 4 rings (SSSR count). The third-order valence-electron chi connectivity index (χ3n) is 6.06. The third-order valence-corrected chi connectivity index (χ3v) is 7.28. The number of benzene rings is 2. The lowest BCUT2D eigenvalue weighted by Crippen LogP contribution is -2.43. The van der Waals surface area contributed by atoms with E-state index in [9.17, 15) is 4.79 Å². The van der Waals surface area contributed by atoms with Crippen molar-refractivity contribution in [1.82, 2.24) is 9.88 Å². The Labute approximate surface area is 204 Å². The second kappa shape index (κ2) is 10.6. The molecule has 0 aliphatic carbocycles. The van der Waals surface area contributed by atoms with Crippen LogP contribution in [-0.2, 0) is 4.74 Å². The monoisotopic (exact) mass is 485 g/mol. The van der Waals surface area contributed by atoms with Crippen LogP contribution in [0.3, 0.4) is 0 Å². The highest BCUT2D eigenvalue weighted by atomic mass is 32.1. The van der Waals surface area contributed by atoms with Crippen LogP contribution in [0.5, 0.6) is 17.2 Å². The number of carbonyl (C=O) groups is 1. The van der Waals surface area contributed by atoms with E-state index in [1.807, 2.05) is 6.92 Å². The molecule has 0 radical (unpaired) electrons. The van der Waals surface area contributed by atoms with Gasteiger partial charge in [0, 0.05) is 31.7 Å². The van der Waals surface area contributed by atoms with Gasteiger partial charge in [-0.05, 0) is 37.1 Å². The lowest BCUT2D eigenvalue weighted by Gasteiger charge is -2.29. The third kappa shape index (κ3) is 4.82. The molecule has 182 valence electrons. The van der Waals surface area contributed by atoms with Gasteiger partial charge in [0.25, 0.3) is 5.91 Å². The van der Waals surface area contributed by atoms with Crippen molar-refractivity contribution in [3.63, 3.8) is 0 Å². The molecule has 0 atom stereocenters. The molecule has 0 bridgehead atoms. The van der Waals surface area contributed by atoms with Gasteiger partial charge in [0.15, 0.2) is 16.6 Å². The Kier molecular flexibility index (Phi) is 7.55. The zero-order chi connectivity index (χ0) is 24.2. The number of anilines is 1. The van der Waals surface area contributed by atoms with Crippen molar-refractivity contribution in [3.05, 3.63) is 41.0 Å². The highest BCUT2D eigenvalue weighted by Gasteiger charge is 2.26. The van der Waals surface area contributed by atoms with Crippen molar-refractivity contribution in [2.24, 2.45) is 0 Å². The molecule has 8 nitrogen and oxygen atoms in total. The molecule has 34 heavy (non-hydrogen) atoms. The maximum Gasteiger partial charge on any atom is 0.260 e. The van der Waals surface area contributed by atoms with Gasteiger partial charge in [0.2, 0.25) is 5.75 Å². The minimum atomic E-state index is -0.165. The molecule has 0 saturated carbocycles. The van der Waals surface area contributed by atoms with Crippen LogP contribution in [0.4, 0.5) is 5.13 Å². The second-order valence-electron chi connectivity index (χ2n) is 8.20. The highest BCUT2D eigenvalue weighted by Crippen LogP contribution is 2.39. The number of rotatable bonds is 8. The van der Waals surface area contributed by atoms with Crippen LogP contribution in [-0.4, -0.2) is 76.5 Å². The smallest absolute Gasteiger partial charge is 0.260 e. The molecule has 1 amide bonds. The fraction of sp³-hybridized carbons (Fsp3) is 0.440. The summed E-state index contributed by atoms with van der Waals surface area (Å²) in [5, 5.41) is 0.680. The highest BCUT2D eigenvalue weighted by molar-refractivity contribution is 7.22. The lowest BCUT2D eigenvalue weighted by molar-refractivity contribution is 0.0391. The summed E-state index contributed by atoms with van der Waals surface area (Å²) in [5.74, 6) is 1.16. The molecular formula is C25H31N3O5S. The number of hydrogen-bond donors (Lipinski definition) is 0. The van der Waals surface area contributed by atoms with Gasteiger partial charge < -0.3 is 18.9 Å². The summed E-state index contributed by atoms with van der Waals surface area (Å²) in [6, 6.07) is 7.55. The number of thiazole rings is 1. The summed E-state index contributed by atoms with van der Waals surface area (Å²) < 4.78 is 23.0. The molecule has 0 N–H and O–H groups in total. The number of methoxy groups -OCH3 is 3. The summed E-state index contributed by atoms with van der Waals surface area (Å²) in [4.78, 5) is 22.9. The fourth-order valence-corrected chi connectivity index (χ4v) is 5.21. The predicted molar refractivity (Wildman–Crippen MR) is 134 cm³/mol. The Bertz CT molecular complexity index is 1110. The number of amides is 1. The first-order chi connectivity index (χ1) is 16.5. The molecule has 1 aromatic heterocycles. The van der Waals surface area contributed by atoms with Crippen molar-refractivity contribution in [2.75, 3.05) is 65.6 Å². The number of carbonyl (C=O) groups excluding carboxylic acids is 1. The van der Waals surface area contributed by atoms with E-state index >= 15 is 0 Å². The molecule has 0 unspecified atom stereocenters.